The Hall–Kier alpha value is -2.33. The number of carbonyl (C=O) groups excluding carboxylic acids is 2. The first-order valence-electron chi connectivity index (χ1n) is 7.72. The van der Waals surface area contributed by atoms with Crippen LogP contribution in [0.2, 0.25) is 5.02 Å². The van der Waals surface area contributed by atoms with Crippen molar-refractivity contribution in [1.29, 1.82) is 0 Å². The molecular weight excluding hydrogens is 326 g/mol. The molecule has 2 rings (SSSR count). The molecule has 24 heavy (non-hydrogen) atoms. The van der Waals surface area contributed by atoms with Crippen LogP contribution in [0.1, 0.15) is 20.8 Å². The molecule has 0 saturated heterocycles. The number of carbonyl (C=O) groups is 2. The molecular formula is C19H20ClNO3. The maximum absolute atomic E-state index is 12.3. The Kier molecular flexibility index (Phi) is 5.99. The van der Waals surface area contributed by atoms with Gasteiger partial charge in [-0.3, -0.25) is 4.79 Å². The number of halogens is 1. The van der Waals surface area contributed by atoms with E-state index in [0.717, 1.165) is 11.1 Å². The van der Waals surface area contributed by atoms with Crippen LogP contribution >= 0.6 is 11.6 Å². The molecule has 126 valence electrons. The van der Waals surface area contributed by atoms with E-state index in [1.165, 1.54) is 6.92 Å². The summed E-state index contributed by atoms with van der Waals surface area (Å²) in [5.41, 5.74) is 1.96. The highest BCUT2D eigenvalue weighted by Gasteiger charge is 2.25. The van der Waals surface area contributed by atoms with Gasteiger partial charge in [0.25, 0.3) is 0 Å². The summed E-state index contributed by atoms with van der Waals surface area (Å²) in [6, 6.07) is 14.3. The molecule has 0 unspecified atom stereocenters. The van der Waals surface area contributed by atoms with Gasteiger partial charge in [-0.1, -0.05) is 61.8 Å². The number of rotatable bonds is 5. The molecule has 5 heteroatoms. The fourth-order valence-electron chi connectivity index (χ4n) is 2.28. The number of esters is 1. The predicted molar refractivity (Wildman–Crippen MR) is 95.0 cm³/mol. The molecule has 4 nitrogen and oxygen atoms in total. The Balaban J connectivity index is 2.18. The molecule has 2 aromatic rings. The minimum Gasteiger partial charge on any atom is -0.423 e. The van der Waals surface area contributed by atoms with Gasteiger partial charge in [0, 0.05) is 6.92 Å². The van der Waals surface area contributed by atoms with Crippen molar-refractivity contribution in [2.24, 2.45) is 5.92 Å². The minimum atomic E-state index is -0.715. The van der Waals surface area contributed by atoms with Gasteiger partial charge < -0.3 is 10.1 Å². The third-order valence-corrected chi connectivity index (χ3v) is 3.82. The molecule has 1 amide bonds. The molecule has 0 fully saturated rings. The van der Waals surface area contributed by atoms with Gasteiger partial charge in [-0.15, -0.1) is 0 Å². The first kappa shape index (κ1) is 18.0. The molecule has 1 atom stereocenters. The highest BCUT2D eigenvalue weighted by molar-refractivity contribution is 6.32. The highest BCUT2D eigenvalue weighted by atomic mass is 35.5. The minimum absolute atomic E-state index is 0.0937. The molecule has 2 aromatic carbocycles. The third-order valence-electron chi connectivity index (χ3n) is 3.53. The lowest BCUT2D eigenvalue weighted by atomic mass is 10.0. The van der Waals surface area contributed by atoms with Gasteiger partial charge in [0.15, 0.2) is 0 Å². The van der Waals surface area contributed by atoms with Crippen molar-refractivity contribution in [2.45, 2.75) is 26.8 Å². The van der Waals surface area contributed by atoms with E-state index in [2.05, 4.69) is 5.32 Å². The first-order valence-corrected chi connectivity index (χ1v) is 8.10. The van der Waals surface area contributed by atoms with Gasteiger partial charge >= 0.3 is 5.97 Å². The van der Waals surface area contributed by atoms with Crippen molar-refractivity contribution in [3.05, 3.63) is 53.6 Å². The smallest absolute Gasteiger partial charge is 0.334 e. The average Bonchev–Trinajstić information content (AvgIpc) is 2.54. The van der Waals surface area contributed by atoms with Gasteiger partial charge in [-0.05, 0) is 29.2 Å². The normalized spacial score (nSPS) is 11.9. The molecule has 0 radical (unpaired) electrons. The monoisotopic (exact) mass is 345 g/mol. The van der Waals surface area contributed by atoms with Crippen molar-refractivity contribution in [2.75, 3.05) is 0 Å². The number of amides is 1. The van der Waals surface area contributed by atoms with Crippen molar-refractivity contribution in [3.63, 3.8) is 0 Å². The van der Waals surface area contributed by atoms with Crippen LogP contribution in [0.4, 0.5) is 0 Å². The largest absolute Gasteiger partial charge is 0.423 e. The summed E-state index contributed by atoms with van der Waals surface area (Å²) in [5, 5.41) is 2.94. The van der Waals surface area contributed by atoms with Crippen LogP contribution < -0.4 is 10.1 Å². The van der Waals surface area contributed by atoms with E-state index in [-0.39, 0.29) is 17.6 Å². The Labute approximate surface area is 146 Å². The zero-order valence-electron chi connectivity index (χ0n) is 13.9. The lowest BCUT2D eigenvalue weighted by molar-refractivity contribution is -0.140. The van der Waals surface area contributed by atoms with Crippen LogP contribution in [0, 0.1) is 5.92 Å². The van der Waals surface area contributed by atoms with E-state index in [4.69, 9.17) is 16.3 Å². The van der Waals surface area contributed by atoms with E-state index in [9.17, 15) is 9.59 Å². The highest BCUT2D eigenvalue weighted by Crippen LogP contribution is 2.30. The molecule has 0 saturated carbocycles. The Morgan fingerprint density at radius 3 is 2.25 bits per heavy atom. The van der Waals surface area contributed by atoms with Crippen molar-refractivity contribution in [1.82, 2.24) is 5.32 Å². The lowest BCUT2D eigenvalue weighted by Gasteiger charge is -2.20. The molecule has 0 bridgehead atoms. The summed E-state index contributed by atoms with van der Waals surface area (Å²) in [4.78, 5) is 23.5. The van der Waals surface area contributed by atoms with E-state index >= 15 is 0 Å². The van der Waals surface area contributed by atoms with Gasteiger partial charge in [0.2, 0.25) is 5.91 Å². The topological polar surface area (TPSA) is 55.4 Å². The van der Waals surface area contributed by atoms with E-state index in [0.29, 0.717) is 5.02 Å². The summed E-state index contributed by atoms with van der Waals surface area (Å²) >= 11 is 6.25. The number of ether oxygens (including phenoxy) is 1. The van der Waals surface area contributed by atoms with Crippen LogP contribution in [-0.4, -0.2) is 17.9 Å². The second-order valence-corrected chi connectivity index (χ2v) is 6.26. The fourth-order valence-corrected chi connectivity index (χ4v) is 2.50. The Bertz CT molecular complexity index is 729. The predicted octanol–water partition coefficient (Wildman–Crippen LogP) is 4.07. The van der Waals surface area contributed by atoms with Crippen molar-refractivity contribution >= 4 is 23.5 Å². The average molecular weight is 346 g/mol. The van der Waals surface area contributed by atoms with E-state index in [1.54, 1.807) is 12.1 Å². The maximum Gasteiger partial charge on any atom is 0.334 e. The van der Waals surface area contributed by atoms with Crippen LogP contribution in [0.25, 0.3) is 11.1 Å². The second-order valence-electron chi connectivity index (χ2n) is 5.85. The summed E-state index contributed by atoms with van der Waals surface area (Å²) < 4.78 is 5.37. The summed E-state index contributed by atoms with van der Waals surface area (Å²) in [7, 11) is 0. The van der Waals surface area contributed by atoms with Crippen LogP contribution in [0.5, 0.6) is 5.75 Å². The SMILES string of the molecule is CC(=O)N[C@@H](C(=O)Oc1ccc(-c2ccccc2)cc1Cl)C(C)C. The number of nitrogens with one attached hydrogen (secondary N) is 1. The zero-order chi connectivity index (χ0) is 17.7. The fraction of sp³-hybridized carbons (Fsp3) is 0.263. The molecule has 1 N–H and O–H groups in total. The van der Waals surface area contributed by atoms with Gasteiger partial charge in [-0.25, -0.2) is 4.79 Å². The Morgan fingerprint density at radius 2 is 1.71 bits per heavy atom. The van der Waals surface area contributed by atoms with Crippen LogP contribution in [0.3, 0.4) is 0 Å². The van der Waals surface area contributed by atoms with Gasteiger partial charge in [0.1, 0.15) is 11.8 Å². The molecule has 0 heterocycles. The molecule has 0 aliphatic heterocycles. The number of hydrogen-bond donors (Lipinski definition) is 1. The van der Waals surface area contributed by atoms with E-state index in [1.807, 2.05) is 50.2 Å². The van der Waals surface area contributed by atoms with Crippen LogP contribution in [-0.2, 0) is 9.59 Å². The molecule has 0 spiro atoms. The zero-order valence-corrected chi connectivity index (χ0v) is 14.6. The van der Waals surface area contributed by atoms with Gasteiger partial charge in [-0.2, -0.15) is 0 Å². The van der Waals surface area contributed by atoms with Crippen molar-refractivity contribution in [3.8, 4) is 16.9 Å². The second kappa shape index (κ2) is 7.97. The molecule has 0 aliphatic carbocycles. The summed E-state index contributed by atoms with van der Waals surface area (Å²) in [5.74, 6) is -0.633. The standard InChI is InChI=1S/C19H20ClNO3/c1-12(2)18(21-13(3)22)19(23)24-17-10-9-15(11-16(17)20)14-7-5-4-6-8-14/h4-12,18H,1-3H3,(H,21,22)/t18-/m1/s1. The third kappa shape index (κ3) is 4.59. The quantitative estimate of drug-likeness (QED) is 0.656. The summed E-state index contributed by atoms with van der Waals surface area (Å²) in [6.45, 7) is 5.04. The lowest BCUT2D eigenvalue weighted by Crippen LogP contribution is -2.45. The van der Waals surface area contributed by atoms with Crippen LogP contribution in [0.15, 0.2) is 48.5 Å². The number of benzene rings is 2. The van der Waals surface area contributed by atoms with Crippen molar-refractivity contribution < 1.29 is 14.3 Å². The number of hydrogen-bond acceptors (Lipinski definition) is 3. The first-order chi connectivity index (χ1) is 11.4. The maximum atomic E-state index is 12.3. The molecule has 0 aliphatic rings. The Morgan fingerprint density at radius 1 is 1.04 bits per heavy atom. The van der Waals surface area contributed by atoms with E-state index < -0.39 is 12.0 Å². The molecule has 0 aromatic heterocycles. The van der Waals surface area contributed by atoms with Gasteiger partial charge in [0.05, 0.1) is 5.02 Å². The summed E-state index contributed by atoms with van der Waals surface area (Å²) in [6.07, 6.45) is 0.